The SMILES string of the molecule is C#CC(CC)Nc1cnn(CCO)c(=O)c1Br. The lowest BCUT2D eigenvalue weighted by Gasteiger charge is -2.13. The van der Waals surface area contributed by atoms with Gasteiger partial charge in [0.25, 0.3) is 5.56 Å². The van der Waals surface area contributed by atoms with Crippen LogP contribution >= 0.6 is 15.9 Å². The van der Waals surface area contributed by atoms with Crippen molar-refractivity contribution < 1.29 is 5.11 Å². The van der Waals surface area contributed by atoms with Gasteiger partial charge in [0.2, 0.25) is 0 Å². The lowest BCUT2D eigenvalue weighted by atomic mass is 10.2. The number of aromatic nitrogens is 2. The molecular weight excluding hydrogens is 286 g/mol. The second-order valence-corrected chi connectivity index (χ2v) is 4.19. The standard InChI is InChI=1S/C11H14BrN3O2/c1-3-8(4-2)14-9-7-13-15(5-6-16)11(17)10(9)12/h1,7-8,14,16H,4-6H2,2H3. The first-order chi connectivity index (χ1) is 8.13. The predicted molar refractivity (Wildman–Crippen MR) is 69.8 cm³/mol. The summed E-state index contributed by atoms with van der Waals surface area (Å²) in [5.74, 6) is 2.58. The maximum absolute atomic E-state index is 11.8. The lowest BCUT2D eigenvalue weighted by Crippen LogP contribution is -2.27. The summed E-state index contributed by atoms with van der Waals surface area (Å²) in [7, 11) is 0. The van der Waals surface area contributed by atoms with Gasteiger partial charge in [-0.15, -0.1) is 6.42 Å². The molecule has 1 atom stereocenters. The average Bonchev–Trinajstić information content (AvgIpc) is 2.34. The third-order valence-corrected chi connectivity index (χ3v) is 3.00. The Balaban J connectivity index is 3.01. The van der Waals surface area contributed by atoms with E-state index < -0.39 is 0 Å². The summed E-state index contributed by atoms with van der Waals surface area (Å²) in [6, 6.07) is -0.138. The number of aliphatic hydroxyl groups excluding tert-OH is 1. The zero-order chi connectivity index (χ0) is 12.8. The highest BCUT2D eigenvalue weighted by Crippen LogP contribution is 2.17. The molecule has 0 aliphatic carbocycles. The van der Waals surface area contributed by atoms with Gasteiger partial charge in [-0.25, -0.2) is 4.68 Å². The smallest absolute Gasteiger partial charge is 0.283 e. The molecule has 0 saturated heterocycles. The highest BCUT2D eigenvalue weighted by Gasteiger charge is 2.10. The zero-order valence-corrected chi connectivity index (χ0v) is 11.1. The molecule has 1 aromatic heterocycles. The number of terminal acetylenes is 1. The molecule has 6 heteroatoms. The van der Waals surface area contributed by atoms with Gasteiger partial charge < -0.3 is 10.4 Å². The van der Waals surface area contributed by atoms with E-state index in [-0.39, 0.29) is 24.8 Å². The number of nitrogens with zero attached hydrogens (tertiary/aromatic N) is 2. The van der Waals surface area contributed by atoms with E-state index in [1.165, 1.54) is 10.9 Å². The molecule has 1 rings (SSSR count). The Morgan fingerprint density at radius 3 is 3.00 bits per heavy atom. The maximum Gasteiger partial charge on any atom is 0.283 e. The molecule has 92 valence electrons. The van der Waals surface area contributed by atoms with Crippen LogP contribution in [0, 0.1) is 12.3 Å². The Kier molecular flexibility index (Phi) is 5.19. The minimum absolute atomic E-state index is 0.131. The van der Waals surface area contributed by atoms with Crippen LogP contribution in [0.2, 0.25) is 0 Å². The second kappa shape index (κ2) is 6.42. The monoisotopic (exact) mass is 299 g/mol. The summed E-state index contributed by atoms with van der Waals surface area (Å²) in [6.45, 7) is 1.99. The quantitative estimate of drug-likeness (QED) is 0.790. The first-order valence-corrected chi connectivity index (χ1v) is 6.02. The fraction of sp³-hybridized carbons (Fsp3) is 0.455. The Labute approximate surface area is 108 Å². The topological polar surface area (TPSA) is 67.2 Å². The van der Waals surface area contributed by atoms with Gasteiger partial charge in [-0.3, -0.25) is 4.79 Å². The first kappa shape index (κ1) is 13.7. The molecule has 0 aliphatic rings. The van der Waals surface area contributed by atoms with Crippen molar-refractivity contribution in [3.8, 4) is 12.3 Å². The number of halogens is 1. The van der Waals surface area contributed by atoms with Gasteiger partial charge in [0.15, 0.2) is 0 Å². The van der Waals surface area contributed by atoms with E-state index in [9.17, 15) is 4.79 Å². The van der Waals surface area contributed by atoms with Crippen molar-refractivity contribution in [3.05, 3.63) is 21.0 Å². The molecule has 1 unspecified atom stereocenters. The van der Waals surface area contributed by atoms with E-state index in [0.29, 0.717) is 10.2 Å². The van der Waals surface area contributed by atoms with E-state index >= 15 is 0 Å². The average molecular weight is 300 g/mol. The van der Waals surface area contributed by atoms with Crippen LogP contribution in [-0.2, 0) is 6.54 Å². The Bertz CT molecular complexity index is 479. The molecular formula is C11H14BrN3O2. The number of anilines is 1. The third-order valence-electron chi connectivity index (χ3n) is 2.24. The normalized spacial score (nSPS) is 11.9. The van der Waals surface area contributed by atoms with Gasteiger partial charge in [-0.1, -0.05) is 12.8 Å². The summed E-state index contributed by atoms with van der Waals surface area (Å²) in [6.07, 6.45) is 7.60. The van der Waals surface area contributed by atoms with Crippen molar-refractivity contribution in [1.82, 2.24) is 9.78 Å². The molecule has 2 N–H and O–H groups in total. The third kappa shape index (κ3) is 3.32. The maximum atomic E-state index is 11.8. The van der Waals surface area contributed by atoms with Crippen LogP contribution < -0.4 is 10.9 Å². The Hall–Kier alpha value is -1.32. The summed E-state index contributed by atoms with van der Waals surface area (Å²) in [5.41, 5.74) is 0.268. The van der Waals surface area contributed by atoms with Crippen molar-refractivity contribution in [2.45, 2.75) is 25.9 Å². The molecule has 0 spiro atoms. The van der Waals surface area contributed by atoms with E-state index in [1.807, 2.05) is 6.92 Å². The zero-order valence-electron chi connectivity index (χ0n) is 9.48. The predicted octanol–water partition coefficient (Wildman–Crippen LogP) is 0.822. The van der Waals surface area contributed by atoms with Gasteiger partial charge >= 0.3 is 0 Å². The largest absolute Gasteiger partial charge is 0.394 e. The van der Waals surface area contributed by atoms with Crippen LogP contribution in [0.25, 0.3) is 0 Å². The molecule has 0 bridgehead atoms. The molecule has 0 amide bonds. The fourth-order valence-electron chi connectivity index (χ4n) is 1.27. The molecule has 0 aromatic carbocycles. The van der Waals surface area contributed by atoms with E-state index in [1.54, 1.807) is 0 Å². The molecule has 17 heavy (non-hydrogen) atoms. The van der Waals surface area contributed by atoms with Crippen molar-refractivity contribution in [2.75, 3.05) is 11.9 Å². The number of nitrogens with one attached hydrogen (secondary N) is 1. The van der Waals surface area contributed by atoms with Gasteiger partial charge in [0.1, 0.15) is 4.47 Å². The molecule has 0 aliphatic heterocycles. The summed E-state index contributed by atoms with van der Waals surface area (Å²) in [4.78, 5) is 11.8. The first-order valence-electron chi connectivity index (χ1n) is 5.23. The Morgan fingerprint density at radius 2 is 2.47 bits per heavy atom. The van der Waals surface area contributed by atoms with Gasteiger partial charge in [-0.2, -0.15) is 5.10 Å². The van der Waals surface area contributed by atoms with E-state index in [2.05, 4.69) is 32.3 Å². The fourth-order valence-corrected chi connectivity index (χ4v) is 1.69. The van der Waals surface area contributed by atoms with Crippen LogP contribution in [0.4, 0.5) is 5.69 Å². The molecule has 0 saturated carbocycles. The number of hydrogen-bond acceptors (Lipinski definition) is 4. The summed E-state index contributed by atoms with van der Waals surface area (Å²) in [5, 5.41) is 15.7. The number of rotatable bonds is 5. The molecule has 0 radical (unpaired) electrons. The molecule has 5 nitrogen and oxygen atoms in total. The number of aliphatic hydroxyl groups is 1. The minimum Gasteiger partial charge on any atom is -0.394 e. The number of hydrogen-bond donors (Lipinski definition) is 2. The Morgan fingerprint density at radius 1 is 1.76 bits per heavy atom. The molecule has 1 aromatic rings. The van der Waals surface area contributed by atoms with E-state index in [4.69, 9.17) is 11.5 Å². The van der Waals surface area contributed by atoms with Crippen LogP contribution in [-0.4, -0.2) is 27.5 Å². The molecule has 1 heterocycles. The van der Waals surface area contributed by atoms with Crippen molar-refractivity contribution >= 4 is 21.6 Å². The lowest BCUT2D eigenvalue weighted by molar-refractivity contribution is 0.266. The highest BCUT2D eigenvalue weighted by molar-refractivity contribution is 9.10. The minimum atomic E-state index is -0.295. The van der Waals surface area contributed by atoms with Crippen molar-refractivity contribution in [2.24, 2.45) is 0 Å². The van der Waals surface area contributed by atoms with Crippen LogP contribution in [0.5, 0.6) is 0 Å². The van der Waals surface area contributed by atoms with Gasteiger partial charge in [0, 0.05) is 0 Å². The van der Waals surface area contributed by atoms with Gasteiger partial charge in [-0.05, 0) is 22.4 Å². The van der Waals surface area contributed by atoms with Crippen LogP contribution in [0.15, 0.2) is 15.5 Å². The summed E-state index contributed by atoms with van der Waals surface area (Å²) >= 11 is 3.20. The van der Waals surface area contributed by atoms with Crippen LogP contribution in [0.3, 0.4) is 0 Å². The summed E-state index contributed by atoms with van der Waals surface area (Å²) < 4.78 is 1.56. The van der Waals surface area contributed by atoms with Crippen molar-refractivity contribution in [1.29, 1.82) is 0 Å². The van der Waals surface area contributed by atoms with E-state index in [0.717, 1.165) is 6.42 Å². The molecule has 0 fully saturated rings. The van der Waals surface area contributed by atoms with Crippen LogP contribution in [0.1, 0.15) is 13.3 Å². The van der Waals surface area contributed by atoms with Gasteiger partial charge in [0.05, 0.1) is 31.1 Å². The highest BCUT2D eigenvalue weighted by atomic mass is 79.9. The second-order valence-electron chi connectivity index (χ2n) is 3.40. The van der Waals surface area contributed by atoms with Crippen molar-refractivity contribution in [3.63, 3.8) is 0 Å².